The van der Waals surface area contributed by atoms with Gasteiger partial charge in [0.05, 0.1) is 5.69 Å². The van der Waals surface area contributed by atoms with Gasteiger partial charge in [-0.05, 0) is 46.2 Å². The van der Waals surface area contributed by atoms with E-state index in [1.807, 2.05) is 11.7 Å². The highest BCUT2D eigenvalue weighted by Gasteiger charge is 2.25. The smallest absolute Gasteiger partial charge is 0.129 e. The van der Waals surface area contributed by atoms with Crippen LogP contribution in [0.2, 0.25) is 0 Å². The molecule has 0 bridgehead atoms. The number of hydrogen-bond donors (Lipinski definition) is 1. The third-order valence-corrected chi connectivity index (χ3v) is 4.82. The Bertz CT molecular complexity index is 467. The minimum Gasteiger partial charge on any atom is -0.358 e. The third kappa shape index (κ3) is 3.58. The Balaban J connectivity index is 2.17. The number of likely N-dealkylation sites (N-methyl/N-ethyl adjacent to an activating group) is 2. The highest BCUT2D eigenvalue weighted by molar-refractivity contribution is 5.50. The summed E-state index contributed by atoms with van der Waals surface area (Å²) in [6.45, 7) is 6.52. The Morgan fingerprint density at radius 1 is 1.43 bits per heavy atom. The maximum Gasteiger partial charge on any atom is 0.129 e. The average molecular weight is 293 g/mol. The summed E-state index contributed by atoms with van der Waals surface area (Å²) in [5.41, 5.74) is 8.60. The Kier molecular flexibility index (Phi) is 5.27. The van der Waals surface area contributed by atoms with E-state index in [4.69, 9.17) is 5.73 Å². The van der Waals surface area contributed by atoms with Crippen LogP contribution in [0.15, 0.2) is 0 Å². The van der Waals surface area contributed by atoms with Crippen LogP contribution in [0, 0.1) is 6.92 Å². The van der Waals surface area contributed by atoms with Gasteiger partial charge >= 0.3 is 0 Å². The molecular formula is C16H31N5. The van der Waals surface area contributed by atoms with E-state index in [0.717, 1.165) is 25.1 Å². The molecule has 5 heteroatoms. The summed E-state index contributed by atoms with van der Waals surface area (Å²) < 4.78 is 2.02. The molecule has 1 aromatic rings. The van der Waals surface area contributed by atoms with Gasteiger partial charge in [-0.15, -0.1) is 0 Å². The standard InChI is InChI=1S/C16H31N5/c1-6-13(17)10-15-12(2)18-21(5)16(15)20(4)11-14-8-7-9-19(14)3/h13-14H,6-11,17H2,1-5H3. The summed E-state index contributed by atoms with van der Waals surface area (Å²) in [4.78, 5) is 4.83. The van der Waals surface area contributed by atoms with Crippen LogP contribution in [-0.4, -0.2) is 53.9 Å². The zero-order valence-corrected chi connectivity index (χ0v) is 14.3. The molecule has 0 amide bonds. The highest BCUT2D eigenvalue weighted by atomic mass is 15.4. The van der Waals surface area contributed by atoms with Gasteiger partial charge in [-0.2, -0.15) is 5.10 Å². The van der Waals surface area contributed by atoms with Crippen molar-refractivity contribution >= 4 is 5.82 Å². The van der Waals surface area contributed by atoms with Crippen LogP contribution in [-0.2, 0) is 13.5 Å². The molecule has 120 valence electrons. The first-order valence-electron chi connectivity index (χ1n) is 8.13. The molecule has 1 saturated heterocycles. The first kappa shape index (κ1) is 16.3. The molecule has 1 fully saturated rings. The topological polar surface area (TPSA) is 50.3 Å². The summed E-state index contributed by atoms with van der Waals surface area (Å²) in [7, 11) is 6.45. The van der Waals surface area contributed by atoms with E-state index in [9.17, 15) is 0 Å². The number of aromatic nitrogens is 2. The highest BCUT2D eigenvalue weighted by Crippen LogP contribution is 2.26. The number of nitrogens with zero attached hydrogens (tertiary/aromatic N) is 4. The molecule has 1 aromatic heterocycles. The van der Waals surface area contributed by atoms with Gasteiger partial charge in [-0.25, -0.2) is 0 Å². The Hall–Kier alpha value is -1.07. The van der Waals surface area contributed by atoms with E-state index >= 15 is 0 Å². The minimum atomic E-state index is 0.217. The molecular weight excluding hydrogens is 262 g/mol. The van der Waals surface area contributed by atoms with Gasteiger partial charge in [-0.1, -0.05) is 6.92 Å². The predicted molar refractivity (Wildman–Crippen MR) is 88.8 cm³/mol. The van der Waals surface area contributed by atoms with Crippen molar-refractivity contribution in [1.29, 1.82) is 0 Å². The Morgan fingerprint density at radius 3 is 2.71 bits per heavy atom. The van der Waals surface area contributed by atoms with E-state index in [-0.39, 0.29) is 6.04 Å². The van der Waals surface area contributed by atoms with Gasteiger partial charge in [0.25, 0.3) is 0 Å². The van der Waals surface area contributed by atoms with Gasteiger partial charge < -0.3 is 15.5 Å². The Morgan fingerprint density at radius 2 is 2.14 bits per heavy atom. The fourth-order valence-electron chi connectivity index (χ4n) is 3.43. The predicted octanol–water partition coefficient (Wildman–Crippen LogP) is 1.54. The molecule has 5 nitrogen and oxygen atoms in total. The summed E-state index contributed by atoms with van der Waals surface area (Å²) in [6.07, 6.45) is 4.52. The van der Waals surface area contributed by atoms with Crippen LogP contribution in [0.25, 0.3) is 0 Å². The number of rotatable bonds is 6. The average Bonchev–Trinajstić information content (AvgIpc) is 2.94. The second-order valence-electron chi connectivity index (χ2n) is 6.54. The lowest BCUT2D eigenvalue weighted by atomic mass is 10.0. The van der Waals surface area contributed by atoms with Crippen LogP contribution >= 0.6 is 0 Å². The van der Waals surface area contributed by atoms with Crippen molar-refractivity contribution in [3.05, 3.63) is 11.3 Å². The first-order valence-corrected chi connectivity index (χ1v) is 8.13. The number of likely N-dealkylation sites (tertiary alicyclic amines) is 1. The van der Waals surface area contributed by atoms with E-state index < -0.39 is 0 Å². The van der Waals surface area contributed by atoms with E-state index in [2.05, 4.69) is 42.8 Å². The molecule has 2 unspecified atom stereocenters. The molecule has 2 N–H and O–H groups in total. The van der Waals surface area contributed by atoms with Gasteiger partial charge in [0.15, 0.2) is 0 Å². The number of hydrogen-bond acceptors (Lipinski definition) is 4. The normalized spacial score (nSPS) is 21.0. The van der Waals surface area contributed by atoms with Gasteiger partial charge in [0.2, 0.25) is 0 Å². The fourth-order valence-corrected chi connectivity index (χ4v) is 3.43. The van der Waals surface area contributed by atoms with Crippen LogP contribution in [0.4, 0.5) is 5.82 Å². The van der Waals surface area contributed by atoms with Crippen molar-refractivity contribution in [3.63, 3.8) is 0 Å². The molecule has 1 aliphatic rings. The van der Waals surface area contributed by atoms with Crippen molar-refractivity contribution in [3.8, 4) is 0 Å². The summed E-state index contributed by atoms with van der Waals surface area (Å²) in [5, 5.41) is 4.62. The summed E-state index contributed by atoms with van der Waals surface area (Å²) >= 11 is 0. The van der Waals surface area contributed by atoms with Gasteiger partial charge in [0, 0.05) is 38.3 Å². The van der Waals surface area contributed by atoms with Crippen LogP contribution in [0.3, 0.4) is 0 Å². The van der Waals surface area contributed by atoms with Crippen LogP contribution < -0.4 is 10.6 Å². The van der Waals surface area contributed by atoms with E-state index in [0.29, 0.717) is 6.04 Å². The zero-order valence-electron chi connectivity index (χ0n) is 14.3. The molecule has 0 radical (unpaired) electrons. The summed E-state index contributed by atoms with van der Waals surface area (Å²) in [5.74, 6) is 1.23. The number of nitrogens with two attached hydrogens (primary N) is 1. The maximum atomic E-state index is 6.17. The van der Waals surface area contributed by atoms with Gasteiger partial charge in [0.1, 0.15) is 5.82 Å². The molecule has 2 atom stereocenters. The second-order valence-corrected chi connectivity index (χ2v) is 6.54. The molecule has 1 aliphatic heterocycles. The Labute approximate surface area is 129 Å². The number of anilines is 1. The van der Waals surface area contributed by atoms with E-state index in [1.165, 1.54) is 30.8 Å². The van der Waals surface area contributed by atoms with Crippen LogP contribution in [0.1, 0.15) is 37.4 Å². The second kappa shape index (κ2) is 6.79. The molecule has 2 heterocycles. The van der Waals surface area contributed by atoms with Crippen molar-refractivity contribution in [1.82, 2.24) is 14.7 Å². The molecule has 0 aromatic carbocycles. The van der Waals surface area contributed by atoms with Crippen molar-refractivity contribution in [2.45, 2.75) is 51.6 Å². The monoisotopic (exact) mass is 293 g/mol. The fraction of sp³-hybridized carbons (Fsp3) is 0.812. The van der Waals surface area contributed by atoms with Crippen molar-refractivity contribution in [2.24, 2.45) is 12.8 Å². The molecule has 2 rings (SSSR count). The maximum absolute atomic E-state index is 6.17. The lowest BCUT2D eigenvalue weighted by molar-refractivity contribution is 0.313. The van der Waals surface area contributed by atoms with Crippen molar-refractivity contribution < 1.29 is 0 Å². The van der Waals surface area contributed by atoms with Gasteiger partial charge in [-0.3, -0.25) is 4.68 Å². The minimum absolute atomic E-state index is 0.217. The lowest BCUT2D eigenvalue weighted by Crippen LogP contribution is -2.38. The van der Waals surface area contributed by atoms with E-state index in [1.54, 1.807) is 0 Å². The first-order chi connectivity index (χ1) is 9.93. The third-order valence-electron chi connectivity index (χ3n) is 4.82. The lowest BCUT2D eigenvalue weighted by Gasteiger charge is -2.28. The number of aryl methyl sites for hydroxylation is 2. The molecule has 0 saturated carbocycles. The van der Waals surface area contributed by atoms with Crippen molar-refractivity contribution in [2.75, 3.05) is 32.1 Å². The SMILES string of the molecule is CCC(N)Cc1c(C)nn(C)c1N(C)CC1CCCN1C. The summed E-state index contributed by atoms with van der Waals surface area (Å²) in [6, 6.07) is 0.868. The zero-order chi connectivity index (χ0) is 15.6. The molecule has 0 spiro atoms. The molecule has 21 heavy (non-hydrogen) atoms. The van der Waals surface area contributed by atoms with Crippen LogP contribution in [0.5, 0.6) is 0 Å². The quantitative estimate of drug-likeness (QED) is 0.864. The largest absolute Gasteiger partial charge is 0.358 e. The molecule has 0 aliphatic carbocycles.